The van der Waals surface area contributed by atoms with Crippen molar-refractivity contribution in [2.45, 2.75) is 33.1 Å². The first-order valence-corrected chi connectivity index (χ1v) is 7.32. The molecule has 1 N–H and O–H groups in total. The summed E-state index contributed by atoms with van der Waals surface area (Å²) in [7, 11) is 1.85. The van der Waals surface area contributed by atoms with Gasteiger partial charge in [-0.25, -0.2) is 15.0 Å². The molecule has 0 atom stereocenters. The lowest BCUT2D eigenvalue weighted by Gasteiger charge is -2.21. The minimum absolute atomic E-state index is 0.0774. The van der Waals surface area contributed by atoms with E-state index in [4.69, 9.17) is 4.98 Å². The normalized spacial score (nSPS) is 11.5. The van der Waals surface area contributed by atoms with E-state index in [0.29, 0.717) is 5.82 Å². The Morgan fingerprint density at radius 2 is 1.80 bits per heavy atom. The fourth-order valence-corrected chi connectivity index (χ4v) is 2.86. The Morgan fingerprint density at radius 1 is 1.10 bits per heavy atom. The Bertz CT molecular complexity index is 632. The average molecular weight is 335 g/mol. The number of rotatable bonds is 2. The molecule has 0 fully saturated rings. The van der Waals surface area contributed by atoms with Gasteiger partial charge in [-0.3, -0.25) is 0 Å². The van der Waals surface area contributed by atoms with Crippen molar-refractivity contribution in [2.24, 2.45) is 0 Å². The van der Waals surface area contributed by atoms with Crippen LogP contribution >= 0.6 is 15.9 Å². The molecule has 0 saturated carbocycles. The van der Waals surface area contributed by atoms with Crippen LogP contribution in [-0.4, -0.2) is 22.0 Å². The zero-order valence-corrected chi connectivity index (χ0v) is 14.0. The molecule has 0 bridgehead atoms. The van der Waals surface area contributed by atoms with Crippen molar-refractivity contribution in [1.82, 2.24) is 15.0 Å². The first kappa shape index (κ1) is 14.9. The standard InChI is InChI=1S/C15H19BrN4/c1-9-7-6-8-10(18-9)13-19-12(15(2,3)4)11(16)14(17-5)20-13/h6-8H,1-5H3,(H,17,19,20). The van der Waals surface area contributed by atoms with Crippen LogP contribution < -0.4 is 5.32 Å². The predicted octanol–water partition coefficient (Wildman–Crippen LogP) is 3.95. The van der Waals surface area contributed by atoms with E-state index in [1.807, 2.05) is 32.2 Å². The smallest absolute Gasteiger partial charge is 0.180 e. The van der Waals surface area contributed by atoms with Crippen LogP contribution in [0.2, 0.25) is 0 Å². The van der Waals surface area contributed by atoms with Gasteiger partial charge < -0.3 is 5.32 Å². The fraction of sp³-hybridized carbons (Fsp3) is 0.400. The molecule has 2 rings (SSSR count). The van der Waals surface area contributed by atoms with Crippen molar-refractivity contribution in [3.63, 3.8) is 0 Å². The molecule has 0 aromatic carbocycles. The summed E-state index contributed by atoms with van der Waals surface area (Å²) in [6.07, 6.45) is 0. The third-order valence-corrected chi connectivity index (χ3v) is 3.67. The highest BCUT2D eigenvalue weighted by Crippen LogP contribution is 2.33. The van der Waals surface area contributed by atoms with E-state index in [1.165, 1.54) is 0 Å². The third-order valence-electron chi connectivity index (χ3n) is 2.92. The Balaban J connectivity index is 2.66. The molecule has 0 unspecified atom stereocenters. The molecular formula is C15H19BrN4. The van der Waals surface area contributed by atoms with Gasteiger partial charge in [0.05, 0.1) is 10.2 Å². The molecule has 0 spiro atoms. The highest BCUT2D eigenvalue weighted by molar-refractivity contribution is 9.10. The van der Waals surface area contributed by atoms with Crippen molar-refractivity contribution in [2.75, 3.05) is 12.4 Å². The van der Waals surface area contributed by atoms with Crippen LogP contribution in [0.3, 0.4) is 0 Å². The van der Waals surface area contributed by atoms with Gasteiger partial charge in [-0.15, -0.1) is 0 Å². The van der Waals surface area contributed by atoms with Crippen molar-refractivity contribution in [1.29, 1.82) is 0 Å². The number of nitrogens with zero attached hydrogens (tertiary/aromatic N) is 3. The molecule has 0 aliphatic heterocycles. The molecule has 2 heterocycles. The van der Waals surface area contributed by atoms with Crippen LogP contribution in [0, 0.1) is 6.92 Å². The molecule has 20 heavy (non-hydrogen) atoms. The quantitative estimate of drug-likeness (QED) is 0.903. The summed E-state index contributed by atoms with van der Waals surface area (Å²) in [5.41, 5.74) is 2.64. The zero-order chi connectivity index (χ0) is 14.9. The second kappa shape index (κ2) is 5.48. The highest BCUT2D eigenvalue weighted by Gasteiger charge is 2.23. The van der Waals surface area contributed by atoms with Gasteiger partial charge in [0.25, 0.3) is 0 Å². The summed E-state index contributed by atoms with van der Waals surface area (Å²) >= 11 is 3.59. The van der Waals surface area contributed by atoms with Gasteiger partial charge in [0.2, 0.25) is 0 Å². The maximum Gasteiger partial charge on any atom is 0.180 e. The van der Waals surface area contributed by atoms with E-state index in [9.17, 15) is 0 Å². The molecule has 2 aromatic rings. The number of aromatic nitrogens is 3. The van der Waals surface area contributed by atoms with Crippen LogP contribution in [-0.2, 0) is 5.41 Å². The Kier molecular flexibility index (Phi) is 4.09. The van der Waals surface area contributed by atoms with Crippen LogP contribution in [0.15, 0.2) is 22.7 Å². The van der Waals surface area contributed by atoms with Gasteiger partial charge in [-0.05, 0) is 35.0 Å². The predicted molar refractivity (Wildman–Crippen MR) is 85.9 cm³/mol. The minimum atomic E-state index is -0.0774. The summed E-state index contributed by atoms with van der Waals surface area (Å²) < 4.78 is 0.906. The molecule has 4 nitrogen and oxygen atoms in total. The average Bonchev–Trinajstić information content (AvgIpc) is 2.37. The van der Waals surface area contributed by atoms with E-state index in [0.717, 1.165) is 27.4 Å². The van der Waals surface area contributed by atoms with Gasteiger partial charge in [-0.1, -0.05) is 26.8 Å². The summed E-state index contributed by atoms with van der Waals surface area (Å²) in [6, 6.07) is 5.87. The number of nitrogens with one attached hydrogen (secondary N) is 1. The highest BCUT2D eigenvalue weighted by atomic mass is 79.9. The van der Waals surface area contributed by atoms with E-state index in [2.05, 4.69) is 52.0 Å². The van der Waals surface area contributed by atoms with Gasteiger partial charge in [0.1, 0.15) is 11.5 Å². The van der Waals surface area contributed by atoms with E-state index in [1.54, 1.807) is 0 Å². The largest absolute Gasteiger partial charge is 0.372 e. The van der Waals surface area contributed by atoms with Crippen molar-refractivity contribution >= 4 is 21.7 Å². The lowest BCUT2D eigenvalue weighted by molar-refractivity contribution is 0.564. The number of hydrogen-bond acceptors (Lipinski definition) is 4. The molecule has 0 amide bonds. The summed E-state index contributed by atoms with van der Waals surface area (Å²) in [5.74, 6) is 1.43. The summed E-state index contributed by atoms with van der Waals surface area (Å²) in [4.78, 5) is 13.8. The number of hydrogen-bond donors (Lipinski definition) is 1. The molecule has 2 aromatic heterocycles. The first-order chi connectivity index (χ1) is 9.32. The van der Waals surface area contributed by atoms with Gasteiger partial charge in [0.15, 0.2) is 5.82 Å². The van der Waals surface area contributed by atoms with E-state index >= 15 is 0 Å². The van der Waals surface area contributed by atoms with Gasteiger partial charge in [-0.2, -0.15) is 0 Å². The van der Waals surface area contributed by atoms with Crippen molar-refractivity contribution in [3.8, 4) is 11.5 Å². The number of halogens is 1. The maximum absolute atomic E-state index is 4.70. The summed E-state index contributed by atoms with van der Waals surface area (Å²) in [5, 5.41) is 3.11. The van der Waals surface area contributed by atoms with Crippen LogP contribution in [0.4, 0.5) is 5.82 Å². The fourth-order valence-electron chi connectivity index (χ4n) is 1.89. The number of pyridine rings is 1. The second-order valence-electron chi connectivity index (χ2n) is 5.72. The van der Waals surface area contributed by atoms with Crippen LogP contribution in [0.5, 0.6) is 0 Å². The molecule has 5 heteroatoms. The lowest BCUT2D eigenvalue weighted by Crippen LogP contribution is -2.17. The SMILES string of the molecule is CNc1nc(-c2cccc(C)n2)nc(C(C)(C)C)c1Br. The topological polar surface area (TPSA) is 50.7 Å². The van der Waals surface area contributed by atoms with Crippen LogP contribution in [0.25, 0.3) is 11.5 Å². The minimum Gasteiger partial charge on any atom is -0.372 e. The Morgan fingerprint density at radius 3 is 2.35 bits per heavy atom. The monoisotopic (exact) mass is 334 g/mol. The molecular weight excluding hydrogens is 316 g/mol. The lowest BCUT2D eigenvalue weighted by atomic mass is 9.92. The third kappa shape index (κ3) is 2.98. The van der Waals surface area contributed by atoms with E-state index in [-0.39, 0.29) is 5.41 Å². The Hall–Kier alpha value is -1.49. The maximum atomic E-state index is 4.70. The zero-order valence-electron chi connectivity index (χ0n) is 12.5. The number of anilines is 1. The first-order valence-electron chi connectivity index (χ1n) is 6.52. The van der Waals surface area contributed by atoms with E-state index < -0.39 is 0 Å². The van der Waals surface area contributed by atoms with Gasteiger partial charge in [0, 0.05) is 18.2 Å². The molecule has 0 radical (unpaired) electrons. The van der Waals surface area contributed by atoms with Crippen molar-refractivity contribution in [3.05, 3.63) is 34.1 Å². The Labute approximate surface area is 128 Å². The second-order valence-corrected chi connectivity index (χ2v) is 6.52. The molecule has 0 aliphatic carbocycles. The van der Waals surface area contributed by atoms with Gasteiger partial charge >= 0.3 is 0 Å². The molecule has 0 saturated heterocycles. The number of aryl methyl sites for hydroxylation is 1. The van der Waals surface area contributed by atoms with Crippen LogP contribution in [0.1, 0.15) is 32.2 Å². The molecule has 0 aliphatic rings. The van der Waals surface area contributed by atoms with Crippen molar-refractivity contribution < 1.29 is 0 Å². The molecule has 106 valence electrons. The summed E-state index contributed by atoms with van der Waals surface area (Å²) in [6.45, 7) is 8.36.